The Morgan fingerprint density at radius 2 is 2.11 bits per heavy atom. The summed E-state index contributed by atoms with van der Waals surface area (Å²) in [6, 6.07) is 0.912. The van der Waals surface area contributed by atoms with Crippen LogP contribution in [0.1, 0.15) is 16.6 Å². The normalized spacial score (nSPS) is 13.7. The van der Waals surface area contributed by atoms with Gasteiger partial charge in [0.05, 0.1) is 15.9 Å². The summed E-state index contributed by atoms with van der Waals surface area (Å²) in [6.07, 6.45) is -1.28. The number of carboxylic acid groups (broad SMARTS) is 1. The van der Waals surface area contributed by atoms with Gasteiger partial charge in [-0.15, -0.1) is 0 Å². The second-order valence-corrected chi connectivity index (χ2v) is 4.49. The first-order chi connectivity index (χ1) is 8.32. The number of hydrogen-bond donors (Lipinski definition) is 3. The zero-order valence-electron chi connectivity index (χ0n) is 9.19. The minimum absolute atomic E-state index is 0.00796. The Balaban J connectivity index is 2.80. The van der Waals surface area contributed by atoms with Crippen molar-refractivity contribution in [3.8, 4) is 0 Å². The number of aliphatic hydroxyl groups is 1. The van der Waals surface area contributed by atoms with E-state index in [4.69, 9.17) is 5.11 Å². The Hall–Kier alpha value is -2.00. The van der Waals surface area contributed by atoms with Crippen LogP contribution in [-0.2, 0) is 4.79 Å². The Labute approximate surface area is 105 Å². The number of carbonyl (C=O) groups excluding carboxylic acids is 1. The molecule has 2 unspecified atom stereocenters. The van der Waals surface area contributed by atoms with Crippen molar-refractivity contribution in [1.82, 2.24) is 5.32 Å². The molecule has 18 heavy (non-hydrogen) atoms. The number of carboxylic acids is 1. The molecule has 0 spiro atoms. The van der Waals surface area contributed by atoms with E-state index < -0.39 is 28.9 Å². The lowest BCUT2D eigenvalue weighted by molar-refractivity contribution is -0.380. The predicted molar refractivity (Wildman–Crippen MR) is 61.5 cm³/mol. The van der Waals surface area contributed by atoms with E-state index in [0.29, 0.717) is 11.3 Å². The van der Waals surface area contributed by atoms with Crippen LogP contribution < -0.4 is 5.32 Å². The molecule has 0 aliphatic rings. The number of nitrogens with zero attached hydrogens (tertiary/aromatic N) is 1. The van der Waals surface area contributed by atoms with Crippen LogP contribution in [0, 0.1) is 10.1 Å². The Bertz CT molecular complexity index is 483. The van der Waals surface area contributed by atoms with Gasteiger partial charge in [0.2, 0.25) is 0 Å². The van der Waals surface area contributed by atoms with Crippen molar-refractivity contribution < 1.29 is 24.7 Å². The molecule has 0 aliphatic heterocycles. The average Bonchev–Trinajstić information content (AvgIpc) is 2.73. The molecule has 3 N–H and O–H groups in total. The summed E-state index contributed by atoms with van der Waals surface area (Å²) in [6.45, 7) is 1.22. The molecule has 8 nitrogen and oxygen atoms in total. The molecule has 0 aromatic carbocycles. The number of nitro groups is 1. The standard InChI is InChI=1S/C9H10N2O6S/c1-4(12)7(9(14)15)10-8(13)5-2-3-6(18-5)11(16)17/h2-4,7,12H,1H3,(H,10,13)(H,14,15). The van der Waals surface area contributed by atoms with Crippen LogP contribution in [-0.4, -0.2) is 39.2 Å². The predicted octanol–water partition coefficient (Wildman–Crippen LogP) is 0.220. The van der Waals surface area contributed by atoms with Crippen molar-refractivity contribution in [2.75, 3.05) is 0 Å². The zero-order valence-corrected chi connectivity index (χ0v) is 10.0. The summed E-state index contributed by atoms with van der Waals surface area (Å²) in [5.41, 5.74) is 0. The van der Waals surface area contributed by atoms with E-state index in [9.17, 15) is 24.8 Å². The molecule has 0 bridgehead atoms. The first-order valence-electron chi connectivity index (χ1n) is 4.79. The van der Waals surface area contributed by atoms with E-state index in [-0.39, 0.29) is 9.88 Å². The lowest BCUT2D eigenvalue weighted by Crippen LogP contribution is -2.47. The zero-order chi connectivity index (χ0) is 13.9. The highest BCUT2D eigenvalue weighted by Gasteiger charge is 2.26. The van der Waals surface area contributed by atoms with Crippen molar-refractivity contribution >= 4 is 28.2 Å². The Kier molecular flexibility index (Phi) is 4.34. The second kappa shape index (κ2) is 5.56. The van der Waals surface area contributed by atoms with E-state index in [1.807, 2.05) is 0 Å². The fourth-order valence-electron chi connectivity index (χ4n) is 1.15. The lowest BCUT2D eigenvalue weighted by atomic mass is 10.2. The SMILES string of the molecule is CC(O)C(NC(=O)c1ccc([N+](=O)[O-])s1)C(=O)O. The van der Waals surface area contributed by atoms with Crippen LogP contribution in [0.15, 0.2) is 12.1 Å². The third-order valence-electron chi connectivity index (χ3n) is 2.03. The molecule has 1 heterocycles. The minimum atomic E-state index is -1.46. The molecule has 0 radical (unpaired) electrons. The molecule has 1 aromatic rings. The Morgan fingerprint density at radius 3 is 2.50 bits per heavy atom. The number of aliphatic hydroxyl groups excluding tert-OH is 1. The van der Waals surface area contributed by atoms with Gasteiger partial charge in [-0.1, -0.05) is 11.3 Å². The first-order valence-corrected chi connectivity index (χ1v) is 5.60. The molecule has 0 aliphatic carbocycles. The van der Waals surface area contributed by atoms with Gasteiger partial charge in [-0.25, -0.2) is 4.79 Å². The van der Waals surface area contributed by atoms with Gasteiger partial charge < -0.3 is 15.5 Å². The fourth-order valence-corrected chi connectivity index (χ4v) is 1.87. The molecule has 98 valence electrons. The van der Waals surface area contributed by atoms with Crippen molar-refractivity contribution in [2.24, 2.45) is 0 Å². The van der Waals surface area contributed by atoms with E-state index >= 15 is 0 Å². The van der Waals surface area contributed by atoms with Gasteiger partial charge in [0.15, 0.2) is 6.04 Å². The fraction of sp³-hybridized carbons (Fsp3) is 0.333. The molecule has 2 atom stereocenters. The number of aliphatic carboxylic acids is 1. The molecule has 0 saturated carbocycles. The van der Waals surface area contributed by atoms with Crippen LogP contribution in [0.3, 0.4) is 0 Å². The number of hydrogen-bond acceptors (Lipinski definition) is 6. The highest BCUT2D eigenvalue weighted by Crippen LogP contribution is 2.23. The van der Waals surface area contributed by atoms with Crippen molar-refractivity contribution in [1.29, 1.82) is 0 Å². The van der Waals surface area contributed by atoms with Gasteiger partial charge in [-0.2, -0.15) is 0 Å². The van der Waals surface area contributed by atoms with E-state index in [0.717, 1.165) is 6.07 Å². The van der Waals surface area contributed by atoms with Crippen LogP contribution in [0.2, 0.25) is 0 Å². The number of thiophene rings is 1. The van der Waals surface area contributed by atoms with Gasteiger partial charge in [0.25, 0.3) is 5.91 Å². The highest BCUT2D eigenvalue weighted by atomic mass is 32.1. The molecule has 1 rings (SSSR count). The van der Waals surface area contributed by atoms with Gasteiger partial charge in [0, 0.05) is 6.07 Å². The smallest absolute Gasteiger partial charge is 0.328 e. The average molecular weight is 274 g/mol. The van der Waals surface area contributed by atoms with Gasteiger partial charge in [-0.05, 0) is 13.0 Å². The Morgan fingerprint density at radius 1 is 1.50 bits per heavy atom. The quantitative estimate of drug-likeness (QED) is 0.520. The first kappa shape index (κ1) is 14.1. The van der Waals surface area contributed by atoms with Crippen LogP contribution in [0.25, 0.3) is 0 Å². The summed E-state index contributed by atoms with van der Waals surface area (Å²) in [5.74, 6) is -2.16. The van der Waals surface area contributed by atoms with Gasteiger partial charge in [-0.3, -0.25) is 14.9 Å². The van der Waals surface area contributed by atoms with Gasteiger partial charge >= 0.3 is 11.0 Å². The number of rotatable bonds is 5. The number of carbonyl (C=O) groups is 2. The van der Waals surface area contributed by atoms with Crippen LogP contribution in [0.5, 0.6) is 0 Å². The number of nitrogens with one attached hydrogen (secondary N) is 1. The van der Waals surface area contributed by atoms with Crippen molar-refractivity contribution in [3.63, 3.8) is 0 Å². The maximum atomic E-state index is 11.6. The minimum Gasteiger partial charge on any atom is -0.480 e. The molecule has 1 amide bonds. The van der Waals surface area contributed by atoms with Crippen LogP contribution >= 0.6 is 11.3 Å². The highest BCUT2D eigenvalue weighted by molar-refractivity contribution is 7.17. The van der Waals surface area contributed by atoms with Crippen LogP contribution in [0.4, 0.5) is 5.00 Å². The number of amides is 1. The molecular weight excluding hydrogens is 264 g/mol. The third kappa shape index (κ3) is 3.25. The largest absolute Gasteiger partial charge is 0.480 e. The second-order valence-electron chi connectivity index (χ2n) is 3.42. The summed E-state index contributed by atoms with van der Waals surface area (Å²) in [5, 5.41) is 30.2. The summed E-state index contributed by atoms with van der Waals surface area (Å²) in [4.78, 5) is 32.1. The molecule has 9 heteroatoms. The van der Waals surface area contributed by atoms with E-state index in [1.54, 1.807) is 0 Å². The lowest BCUT2D eigenvalue weighted by Gasteiger charge is -2.16. The molecule has 1 aromatic heterocycles. The third-order valence-corrected chi connectivity index (χ3v) is 3.07. The maximum Gasteiger partial charge on any atom is 0.328 e. The molecule has 0 saturated heterocycles. The maximum absolute atomic E-state index is 11.6. The van der Waals surface area contributed by atoms with E-state index in [1.165, 1.54) is 13.0 Å². The van der Waals surface area contributed by atoms with E-state index in [2.05, 4.69) is 5.32 Å². The van der Waals surface area contributed by atoms with Crippen molar-refractivity contribution in [3.05, 3.63) is 27.1 Å². The summed E-state index contributed by atoms with van der Waals surface area (Å²) in [7, 11) is 0. The van der Waals surface area contributed by atoms with Gasteiger partial charge in [0.1, 0.15) is 0 Å². The van der Waals surface area contributed by atoms with Crippen molar-refractivity contribution in [2.45, 2.75) is 19.1 Å². The summed E-state index contributed by atoms with van der Waals surface area (Å²) < 4.78 is 0. The molecule has 0 fully saturated rings. The molecular formula is C9H10N2O6S. The topological polar surface area (TPSA) is 130 Å². The summed E-state index contributed by atoms with van der Waals surface area (Å²) >= 11 is 0.629. The monoisotopic (exact) mass is 274 g/mol.